The van der Waals surface area contributed by atoms with Crippen molar-refractivity contribution < 1.29 is 4.79 Å². The number of thioether (sulfide) groups is 1. The van der Waals surface area contributed by atoms with Gasteiger partial charge >= 0.3 is 0 Å². The molecule has 0 fully saturated rings. The monoisotopic (exact) mass is 373 g/mol. The summed E-state index contributed by atoms with van der Waals surface area (Å²) in [5.41, 5.74) is 0.534. The molecule has 2 aromatic rings. The molecule has 1 amide bonds. The molecule has 0 aliphatic rings. The predicted octanol–water partition coefficient (Wildman–Crippen LogP) is 3.71. The number of aromatic nitrogens is 2. The van der Waals surface area contributed by atoms with Crippen LogP contribution in [-0.2, 0) is 11.3 Å². The molecule has 0 radical (unpaired) electrons. The van der Waals surface area contributed by atoms with Crippen LogP contribution >= 0.6 is 11.8 Å². The largest absolute Gasteiger partial charge is 0.337 e. The number of carbonyl (C=O) groups excluding carboxylic acids is 1. The zero-order valence-corrected chi connectivity index (χ0v) is 16.9. The summed E-state index contributed by atoms with van der Waals surface area (Å²) in [7, 11) is 0. The molecule has 0 aliphatic carbocycles. The Hall–Kier alpha value is -2.08. The molecule has 1 aromatic heterocycles. The van der Waals surface area contributed by atoms with Gasteiger partial charge < -0.3 is 4.90 Å². The first-order valence-electron chi connectivity index (χ1n) is 8.87. The van der Waals surface area contributed by atoms with Crippen LogP contribution in [-0.4, -0.2) is 37.7 Å². The van der Waals surface area contributed by atoms with E-state index in [1.165, 1.54) is 11.8 Å². The Bertz CT molecular complexity index is 850. The normalized spacial score (nSPS) is 12.6. The molecule has 0 N–H and O–H groups in total. The number of nitrogens with zero attached hydrogens (tertiary/aromatic N) is 3. The highest BCUT2D eigenvalue weighted by molar-refractivity contribution is 8.00. The van der Waals surface area contributed by atoms with E-state index in [4.69, 9.17) is 0 Å². The van der Waals surface area contributed by atoms with E-state index in [0.29, 0.717) is 22.6 Å². The van der Waals surface area contributed by atoms with Gasteiger partial charge in [0.1, 0.15) is 0 Å². The standard InChI is InChI=1S/C20H27N3O2S/c1-7-12-22-19(25)16-10-8-9-11-17(16)21-20(22)26-15(6)18(24)23(13(2)3)14(4)5/h7-11,13-15H,1,12H2,2-6H3. The number of para-hydroxylation sites is 1. The van der Waals surface area contributed by atoms with Crippen LogP contribution in [0.3, 0.4) is 0 Å². The molecule has 2 rings (SSSR count). The third-order valence-electron chi connectivity index (χ3n) is 4.14. The summed E-state index contributed by atoms with van der Waals surface area (Å²) < 4.78 is 1.58. The molecular formula is C20H27N3O2S. The molecule has 1 aromatic carbocycles. The van der Waals surface area contributed by atoms with Crippen LogP contribution in [0.15, 0.2) is 46.9 Å². The van der Waals surface area contributed by atoms with Crippen molar-refractivity contribution in [2.75, 3.05) is 0 Å². The van der Waals surface area contributed by atoms with E-state index in [1.54, 1.807) is 16.7 Å². The first-order chi connectivity index (χ1) is 12.3. The van der Waals surface area contributed by atoms with Gasteiger partial charge in [-0.2, -0.15) is 0 Å². The van der Waals surface area contributed by atoms with E-state index in [1.807, 2.05) is 57.7 Å². The van der Waals surface area contributed by atoms with Crippen molar-refractivity contribution >= 4 is 28.6 Å². The maximum absolute atomic E-state index is 12.9. The van der Waals surface area contributed by atoms with Gasteiger partial charge in [-0.25, -0.2) is 4.98 Å². The number of allylic oxidation sites excluding steroid dienone is 1. The minimum atomic E-state index is -0.344. The highest BCUT2D eigenvalue weighted by Gasteiger charge is 2.27. The lowest BCUT2D eigenvalue weighted by atomic mass is 10.2. The molecule has 5 nitrogen and oxygen atoms in total. The summed E-state index contributed by atoms with van der Waals surface area (Å²) in [4.78, 5) is 32.2. The second-order valence-corrected chi connectivity index (χ2v) is 8.12. The van der Waals surface area contributed by atoms with Gasteiger partial charge in [0.05, 0.1) is 16.2 Å². The van der Waals surface area contributed by atoms with Gasteiger partial charge in [-0.15, -0.1) is 6.58 Å². The van der Waals surface area contributed by atoms with Crippen molar-refractivity contribution in [3.05, 3.63) is 47.3 Å². The third kappa shape index (κ3) is 4.18. The summed E-state index contributed by atoms with van der Waals surface area (Å²) in [6.45, 7) is 14.0. The van der Waals surface area contributed by atoms with E-state index < -0.39 is 0 Å². The Kier molecular flexibility index (Phi) is 6.64. The number of rotatable bonds is 7. The fraction of sp³-hybridized carbons (Fsp3) is 0.450. The van der Waals surface area contributed by atoms with Crippen LogP contribution in [0.25, 0.3) is 10.9 Å². The third-order valence-corrected chi connectivity index (χ3v) is 5.21. The summed E-state index contributed by atoms with van der Waals surface area (Å²) in [5, 5.41) is 0.773. The van der Waals surface area contributed by atoms with Crippen LogP contribution in [0.4, 0.5) is 0 Å². The SMILES string of the molecule is C=CCn1c(SC(C)C(=O)N(C(C)C)C(C)C)nc2ccccc2c1=O. The fourth-order valence-corrected chi connectivity index (χ4v) is 4.03. The van der Waals surface area contributed by atoms with E-state index in [0.717, 1.165) is 0 Å². The zero-order valence-electron chi connectivity index (χ0n) is 16.1. The van der Waals surface area contributed by atoms with Crippen molar-refractivity contribution in [1.82, 2.24) is 14.5 Å². The van der Waals surface area contributed by atoms with Gasteiger partial charge in [-0.1, -0.05) is 30.0 Å². The summed E-state index contributed by atoms with van der Waals surface area (Å²) >= 11 is 1.32. The van der Waals surface area contributed by atoms with E-state index in [-0.39, 0.29) is 28.8 Å². The minimum Gasteiger partial charge on any atom is -0.337 e. The summed E-state index contributed by atoms with van der Waals surface area (Å²) in [6.07, 6.45) is 1.67. The number of fused-ring (bicyclic) bond motifs is 1. The summed E-state index contributed by atoms with van der Waals surface area (Å²) in [6, 6.07) is 7.50. The number of amides is 1. The van der Waals surface area contributed by atoms with E-state index >= 15 is 0 Å². The molecule has 1 heterocycles. The lowest BCUT2D eigenvalue weighted by molar-refractivity contribution is -0.133. The highest BCUT2D eigenvalue weighted by atomic mass is 32.2. The Labute approximate surface area is 159 Å². The first-order valence-corrected chi connectivity index (χ1v) is 9.75. The van der Waals surface area contributed by atoms with Gasteiger partial charge in [-0.05, 0) is 46.8 Å². The molecule has 0 saturated heterocycles. The Morgan fingerprint density at radius 2 is 1.85 bits per heavy atom. The van der Waals surface area contributed by atoms with Gasteiger partial charge in [0.25, 0.3) is 5.56 Å². The molecule has 1 atom stereocenters. The van der Waals surface area contributed by atoms with Crippen LogP contribution in [0.2, 0.25) is 0 Å². The van der Waals surface area contributed by atoms with Crippen molar-refractivity contribution in [3.8, 4) is 0 Å². The number of hydrogen-bond donors (Lipinski definition) is 0. The smallest absolute Gasteiger partial charge is 0.262 e. The van der Waals surface area contributed by atoms with Gasteiger partial charge in [-0.3, -0.25) is 14.2 Å². The van der Waals surface area contributed by atoms with Gasteiger partial charge in [0.15, 0.2) is 5.16 Å². The molecule has 6 heteroatoms. The lowest BCUT2D eigenvalue weighted by Crippen LogP contribution is -2.45. The topological polar surface area (TPSA) is 55.2 Å². The number of hydrogen-bond acceptors (Lipinski definition) is 4. The molecule has 140 valence electrons. The van der Waals surface area contributed by atoms with E-state index in [2.05, 4.69) is 11.6 Å². The van der Waals surface area contributed by atoms with Crippen LogP contribution in [0.1, 0.15) is 34.6 Å². The van der Waals surface area contributed by atoms with E-state index in [9.17, 15) is 9.59 Å². The first kappa shape index (κ1) is 20.2. The maximum Gasteiger partial charge on any atom is 0.262 e. The lowest BCUT2D eigenvalue weighted by Gasteiger charge is -2.33. The average Bonchev–Trinajstić information content (AvgIpc) is 2.57. The maximum atomic E-state index is 12.9. The van der Waals surface area contributed by atoms with Crippen LogP contribution in [0, 0.1) is 0 Å². The minimum absolute atomic E-state index is 0.0487. The highest BCUT2D eigenvalue weighted by Crippen LogP contribution is 2.25. The van der Waals surface area contributed by atoms with Crippen molar-refractivity contribution in [2.24, 2.45) is 0 Å². The molecule has 0 bridgehead atoms. The predicted molar refractivity (Wildman–Crippen MR) is 109 cm³/mol. The molecule has 0 aliphatic heterocycles. The Morgan fingerprint density at radius 1 is 1.23 bits per heavy atom. The number of carbonyl (C=O) groups is 1. The molecule has 1 unspecified atom stereocenters. The molecule has 26 heavy (non-hydrogen) atoms. The van der Waals surface area contributed by atoms with Crippen LogP contribution in [0.5, 0.6) is 0 Å². The van der Waals surface area contributed by atoms with Crippen molar-refractivity contribution in [1.29, 1.82) is 0 Å². The van der Waals surface area contributed by atoms with Gasteiger partial charge in [0.2, 0.25) is 5.91 Å². The van der Waals surface area contributed by atoms with Crippen molar-refractivity contribution in [2.45, 2.75) is 63.7 Å². The zero-order chi connectivity index (χ0) is 19.4. The fourth-order valence-electron chi connectivity index (χ4n) is 3.05. The molecular weight excluding hydrogens is 346 g/mol. The molecule has 0 saturated carbocycles. The summed E-state index contributed by atoms with van der Waals surface area (Å²) in [5.74, 6) is 0.0487. The van der Waals surface area contributed by atoms with Crippen LogP contribution < -0.4 is 5.56 Å². The van der Waals surface area contributed by atoms with Crippen molar-refractivity contribution in [3.63, 3.8) is 0 Å². The quantitative estimate of drug-likeness (QED) is 0.422. The average molecular weight is 374 g/mol. The second kappa shape index (κ2) is 8.54. The second-order valence-electron chi connectivity index (χ2n) is 6.81. The van der Waals surface area contributed by atoms with Gasteiger partial charge in [0, 0.05) is 18.6 Å². The Balaban J connectivity index is 2.43. The Morgan fingerprint density at radius 3 is 2.42 bits per heavy atom. The number of benzene rings is 1. The molecule has 0 spiro atoms.